The molecule has 0 radical (unpaired) electrons. The molecule has 13 heteroatoms. The number of benzene rings is 2. The molecule has 13 nitrogen and oxygen atoms in total. The molecular formula is C30H34N6O7. The first-order chi connectivity index (χ1) is 20.6. The third-order valence-electron chi connectivity index (χ3n) is 6.48. The molecule has 2 aromatic carbocycles. The van der Waals surface area contributed by atoms with Gasteiger partial charge in [0.2, 0.25) is 5.82 Å². The van der Waals surface area contributed by atoms with Gasteiger partial charge in [0, 0.05) is 22.9 Å². The van der Waals surface area contributed by atoms with Gasteiger partial charge in [-0.1, -0.05) is 0 Å². The van der Waals surface area contributed by atoms with Crippen molar-refractivity contribution < 1.29 is 33.0 Å². The zero-order valence-corrected chi connectivity index (χ0v) is 24.9. The standard InChI is InChI=1S/C30H34N6O7/c1-18-7-10-23(43-18)27(29(38)31-30(2,3)4)36(20-9-12-22-25(16-20)42-14-13-41-22)26(37)17-35-33-28(32-34-35)19-8-11-21(39-5)24(15-19)40-6/h7-12,15-16,27H,13-14,17H2,1-6H3,(H,31,38)/t27-/m1/s1. The number of anilines is 1. The van der Waals surface area contributed by atoms with Crippen LogP contribution in [0.1, 0.15) is 38.3 Å². The lowest BCUT2D eigenvalue weighted by atomic mass is 10.1. The lowest BCUT2D eigenvalue weighted by Crippen LogP contribution is -2.50. The van der Waals surface area contributed by atoms with Crippen LogP contribution in [0.4, 0.5) is 5.69 Å². The molecule has 1 aliphatic heterocycles. The van der Waals surface area contributed by atoms with Crippen LogP contribution in [-0.2, 0) is 16.1 Å². The molecular weight excluding hydrogens is 556 g/mol. The maximum atomic E-state index is 14.2. The van der Waals surface area contributed by atoms with E-state index in [1.54, 1.807) is 62.6 Å². The summed E-state index contributed by atoms with van der Waals surface area (Å²) in [6.07, 6.45) is 0. The van der Waals surface area contributed by atoms with E-state index in [1.165, 1.54) is 16.8 Å². The van der Waals surface area contributed by atoms with E-state index >= 15 is 0 Å². The van der Waals surface area contributed by atoms with Crippen molar-refractivity contribution in [3.63, 3.8) is 0 Å². The number of amides is 2. The van der Waals surface area contributed by atoms with E-state index in [1.807, 2.05) is 20.8 Å². The van der Waals surface area contributed by atoms with Crippen LogP contribution in [0, 0.1) is 6.92 Å². The van der Waals surface area contributed by atoms with Crippen molar-refractivity contribution in [1.82, 2.24) is 25.5 Å². The summed E-state index contributed by atoms with van der Waals surface area (Å²) in [5, 5.41) is 15.6. The van der Waals surface area contributed by atoms with Gasteiger partial charge in [-0.2, -0.15) is 4.80 Å². The molecule has 0 saturated carbocycles. The Balaban J connectivity index is 1.53. The summed E-state index contributed by atoms with van der Waals surface area (Å²) in [6.45, 7) is 7.80. The normalized spacial score (nSPS) is 13.3. The topological polar surface area (TPSA) is 143 Å². The molecule has 0 fully saturated rings. The predicted octanol–water partition coefficient (Wildman–Crippen LogP) is 3.72. The number of fused-ring (bicyclic) bond motifs is 1. The van der Waals surface area contributed by atoms with Gasteiger partial charge in [0.15, 0.2) is 29.0 Å². The van der Waals surface area contributed by atoms with Crippen molar-refractivity contribution in [2.45, 2.75) is 45.8 Å². The molecule has 0 saturated heterocycles. The van der Waals surface area contributed by atoms with E-state index in [2.05, 4.69) is 20.7 Å². The van der Waals surface area contributed by atoms with E-state index in [9.17, 15) is 9.59 Å². The number of aryl methyl sites for hydroxylation is 1. The molecule has 1 atom stereocenters. The van der Waals surface area contributed by atoms with Gasteiger partial charge in [0.1, 0.15) is 31.3 Å². The first-order valence-electron chi connectivity index (χ1n) is 13.7. The van der Waals surface area contributed by atoms with Gasteiger partial charge < -0.3 is 28.7 Å². The molecule has 2 aromatic heterocycles. The summed E-state index contributed by atoms with van der Waals surface area (Å²) in [5.41, 5.74) is 0.436. The molecule has 5 rings (SSSR count). The average Bonchev–Trinajstić information content (AvgIpc) is 3.62. The van der Waals surface area contributed by atoms with Crippen molar-refractivity contribution in [2.24, 2.45) is 0 Å². The van der Waals surface area contributed by atoms with Gasteiger partial charge in [-0.05, 0) is 75.4 Å². The van der Waals surface area contributed by atoms with Crippen molar-refractivity contribution >= 4 is 17.5 Å². The molecule has 0 aliphatic carbocycles. The van der Waals surface area contributed by atoms with E-state index in [-0.39, 0.29) is 12.4 Å². The number of carbonyl (C=O) groups excluding carboxylic acids is 2. The molecule has 1 N–H and O–H groups in total. The third-order valence-corrected chi connectivity index (χ3v) is 6.48. The summed E-state index contributed by atoms with van der Waals surface area (Å²) in [4.78, 5) is 30.5. The fourth-order valence-electron chi connectivity index (χ4n) is 4.63. The molecule has 226 valence electrons. The highest BCUT2D eigenvalue weighted by Gasteiger charge is 2.37. The number of nitrogens with zero attached hydrogens (tertiary/aromatic N) is 5. The van der Waals surface area contributed by atoms with E-state index in [4.69, 9.17) is 23.4 Å². The second-order valence-corrected chi connectivity index (χ2v) is 10.9. The van der Waals surface area contributed by atoms with Crippen LogP contribution < -0.4 is 29.2 Å². The zero-order chi connectivity index (χ0) is 30.7. The Kier molecular flexibility index (Phi) is 8.24. The Labute approximate surface area is 248 Å². The Morgan fingerprint density at radius 1 is 1.00 bits per heavy atom. The van der Waals surface area contributed by atoms with Gasteiger partial charge in [0.25, 0.3) is 11.8 Å². The highest BCUT2D eigenvalue weighted by molar-refractivity contribution is 6.01. The monoisotopic (exact) mass is 590 g/mol. The Bertz CT molecular complexity index is 1620. The lowest BCUT2D eigenvalue weighted by Gasteiger charge is -2.33. The Morgan fingerprint density at radius 3 is 2.42 bits per heavy atom. The van der Waals surface area contributed by atoms with Crippen LogP contribution in [0.2, 0.25) is 0 Å². The van der Waals surface area contributed by atoms with Crippen LogP contribution in [0.3, 0.4) is 0 Å². The first kappa shape index (κ1) is 29.4. The fourth-order valence-corrected chi connectivity index (χ4v) is 4.63. The summed E-state index contributed by atoms with van der Waals surface area (Å²) < 4.78 is 28.1. The SMILES string of the molecule is COc1ccc(-c2nnn(CC(=O)N(c3ccc4c(c3)OCCO4)[C@@H](C(=O)NC(C)(C)C)c3ccc(C)o3)n2)cc1OC. The molecule has 0 bridgehead atoms. The molecule has 2 amide bonds. The number of carbonyl (C=O) groups is 2. The number of nitrogens with one attached hydrogen (secondary N) is 1. The smallest absolute Gasteiger partial charge is 0.251 e. The summed E-state index contributed by atoms with van der Waals surface area (Å²) in [5.74, 6) is 2.30. The van der Waals surface area contributed by atoms with E-state index in [0.29, 0.717) is 59.0 Å². The number of ether oxygens (including phenoxy) is 4. The minimum absolute atomic E-state index is 0.281. The van der Waals surface area contributed by atoms with Gasteiger partial charge in [-0.3, -0.25) is 14.5 Å². The number of aromatic nitrogens is 4. The number of furan rings is 1. The maximum absolute atomic E-state index is 14.2. The van der Waals surface area contributed by atoms with E-state index in [0.717, 1.165) is 0 Å². The number of tetrazole rings is 1. The predicted molar refractivity (Wildman–Crippen MR) is 155 cm³/mol. The third kappa shape index (κ3) is 6.55. The van der Waals surface area contributed by atoms with Gasteiger partial charge in [0.05, 0.1) is 14.2 Å². The highest BCUT2D eigenvalue weighted by Crippen LogP contribution is 2.38. The molecule has 4 aromatic rings. The van der Waals surface area contributed by atoms with Gasteiger partial charge >= 0.3 is 0 Å². The van der Waals surface area contributed by atoms with Crippen molar-refractivity contribution in [3.05, 3.63) is 60.1 Å². The van der Waals surface area contributed by atoms with Crippen LogP contribution in [0.25, 0.3) is 11.4 Å². The maximum Gasteiger partial charge on any atom is 0.251 e. The van der Waals surface area contributed by atoms with Crippen LogP contribution >= 0.6 is 0 Å². The van der Waals surface area contributed by atoms with Crippen LogP contribution in [-0.4, -0.2) is 65.0 Å². The average molecular weight is 591 g/mol. The minimum atomic E-state index is -1.16. The molecule has 0 spiro atoms. The summed E-state index contributed by atoms with van der Waals surface area (Å²) in [7, 11) is 3.08. The fraction of sp³-hybridized carbons (Fsp3) is 0.367. The second-order valence-electron chi connectivity index (χ2n) is 10.9. The second kappa shape index (κ2) is 12.0. The van der Waals surface area contributed by atoms with Crippen molar-refractivity contribution in [1.29, 1.82) is 0 Å². The number of methoxy groups -OCH3 is 2. The van der Waals surface area contributed by atoms with Gasteiger partial charge in [-0.15, -0.1) is 10.2 Å². The number of rotatable bonds is 9. The lowest BCUT2D eigenvalue weighted by molar-refractivity contribution is -0.128. The number of hydrogen-bond donors (Lipinski definition) is 1. The van der Waals surface area contributed by atoms with Crippen LogP contribution in [0.5, 0.6) is 23.0 Å². The molecule has 43 heavy (non-hydrogen) atoms. The molecule has 0 unspecified atom stereocenters. The molecule has 3 heterocycles. The van der Waals surface area contributed by atoms with Crippen LogP contribution in [0.15, 0.2) is 52.9 Å². The molecule has 1 aliphatic rings. The summed E-state index contributed by atoms with van der Waals surface area (Å²) >= 11 is 0. The number of hydrogen-bond acceptors (Lipinski definition) is 10. The van der Waals surface area contributed by atoms with Gasteiger partial charge in [-0.25, -0.2) is 0 Å². The Hall–Kier alpha value is -5.07. The van der Waals surface area contributed by atoms with Crippen molar-refractivity contribution in [3.8, 4) is 34.4 Å². The Morgan fingerprint density at radius 2 is 1.74 bits per heavy atom. The quantitative estimate of drug-likeness (QED) is 0.306. The first-order valence-corrected chi connectivity index (χ1v) is 13.7. The largest absolute Gasteiger partial charge is 0.493 e. The minimum Gasteiger partial charge on any atom is -0.493 e. The van der Waals surface area contributed by atoms with Crippen molar-refractivity contribution in [2.75, 3.05) is 32.3 Å². The van der Waals surface area contributed by atoms with E-state index < -0.39 is 23.4 Å². The highest BCUT2D eigenvalue weighted by atomic mass is 16.6. The summed E-state index contributed by atoms with van der Waals surface area (Å²) in [6, 6.07) is 12.6. The zero-order valence-electron chi connectivity index (χ0n) is 24.9.